The zero-order chi connectivity index (χ0) is 20.9. The van der Waals surface area contributed by atoms with Gasteiger partial charge in [-0.1, -0.05) is 11.6 Å². The van der Waals surface area contributed by atoms with Crippen molar-refractivity contribution in [3.63, 3.8) is 0 Å². The van der Waals surface area contributed by atoms with E-state index in [0.717, 1.165) is 6.92 Å². The summed E-state index contributed by atoms with van der Waals surface area (Å²) in [4.78, 5) is 4.38. The third-order valence-corrected chi connectivity index (χ3v) is 3.92. The number of ether oxygens (including phenoxy) is 1. The monoisotopic (exact) mass is 415 g/mol. The second-order valence-electron chi connectivity index (χ2n) is 6.08. The highest BCUT2D eigenvalue weighted by atomic mass is 35.5. The molecule has 28 heavy (non-hydrogen) atoms. The molecule has 2 aromatic carbocycles. The molecule has 0 aliphatic heterocycles. The summed E-state index contributed by atoms with van der Waals surface area (Å²) in [7, 11) is 0. The summed E-state index contributed by atoms with van der Waals surface area (Å²) in [6.45, 7) is 0.612. The summed E-state index contributed by atoms with van der Waals surface area (Å²) < 4.78 is 55.8. The highest BCUT2D eigenvalue weighted by molar-refractivity contribution is 6.31. The Kier molecular flexibility index (Phi) is 7.15. The summed E-state index contributed by atoms with van der Waals surface area (Å²) in [5, 5.41) is 7.81. The number of nitrogens with two attached hydrogens (primary N) is 1. The molecule has 0 saturated carbocycles. The standard InChI is InChI=1S/C19H18ClF4N3O/c1-11(19(22,23)24)28-10-12-6-13(8-14(20)7-12)17(9-18(25)26)27-16-4-2-15(21)3-5-16/h2-8,11H,9-10H2,1H3,(H3,25,26)/t11-/m1/s1. The predicted molar refractivity (Wildman–Crippen MR) is 101 cm³/mol. The Hall–Kier alpha value is -2.45. The molecule has 0 heterocycles. The molecular formula is C19H18ClF4N3O. The van der Waals surface area contributed by atoms with E-state index in [9.17, 15) is 17.6 Å². The molecule has 2 rings (SSSR count). The number of hydrogen-bond acceptors (Lipinski definition) is 3. The Morgan fingerprint density at radius 1 is 1.21 bits per heavy atom. The largest absolute Gasteiger partial charge is 0.414 e. The second kappa shape index (κ2) is 9.16. The lowest BCUT2D eigenvalue weighted by molar-refractivity contribution is -0.217. The van der Waals surface area contributed by atoms with Gasteiger partial charge in [-0.25, -0.2) is 4.39 Å². The topological polar surface area (TPSA) is 71.5 Å². The minimum atomic E-state index is -4.47. The van der Waals surface area contributed by atoms with Crippen molar-refractivity contribution in [1.82, 2.24) is 0 Å². The van der Waals surface area contributed by atoms with E-state index in [1.54, 1.807) is 12.1 Å². The van der Waals surface area contributed by atoms with Gasteiger partial charge in [-0.05, 0) is 60.5 Å². The number of rotatable bonds is 7. The number of nitrogens with zero attached hydrogens (tertiary/aromatic N) is 1. The van der Waals surface area contributed by atoms with E-state index >= 15 is 0 Å². The zero-order valence-electron chi connectivity index (χ0n) is 14.9. The van der Waals surface area contributed by atoms with Gasteiger partial charge in [0.25, 0.3) is 0 Å². The molecule has 0 aliphatic rings. The highest BCUT2D eigenvalue weighted by Gasteiger charge is 2.36. The van der Waals surface area contributed by atoms with Crippen LogP contribution in [0.2, 0.25) is 5.02 Å². The van der Waals surface area contributed by atoms with E-state index in [1.165, 1.54) is 30.3 Å². The van der Waals surface area contributed by atoms with Gasteiger partial charge in [-0.3, -0.25) is 10.4 Å². The number of benzene rings is 2. The van der Waals surface area contributed by atoms with Crippen LogP contribution < -0.4 is 5.73 Å². The van der Waals surface area contributed by atoms with Crippen LogP contribution in [0.15, 0.2) is 47.5 Å². The molecule has 0 aromatic heterocycles. The molecule has 0 fully saturated rings. The van der Waals surface area contributed by atoms with Gasteiger partial charge in [0.1, 0.15) is 5.82 Å². The maximum Gasteiger partial charge on any atom is 0.414 e. The Balaban J connectivity index is 2.34. The third-order valence-electron chi connectivity index (χ3n) is 3.70. The van der Waals surface area contributed by atoms with Crippen LogP contribution in [0.5, 0.6) is 0 Å². The first kappa shape index (κ1) is 21.8. The molecule has 0 spiro atoms. The van der Waals surface area contributed by atoms with Crippen molar-refractivity contribution >= 4 is 28.8 Å². The molecule has 0 unspecified atom stereocenters. The Bertz CT molecular complexity index is 866. The smallest absolute Gasteiger partial charge is 0.387 e. The van der Waals surface area contributed by atoms with E-state index in [-0.39, 0.29) is 23.9 Å². The van der Waals surface area contributed by atoms with Crippen molar-refractivity contribution in [1.29, 1.82) is 5.41 Å². The summed E-state index contributed by atoms with van der Waals surface area (Å²) >= 11 is 6.09. The van der Waals surface area contributed by atoms with E-state index in [2.05, 4.69) is 4.99 Å². The third kappa shape index (κ3) is 6.61. The van der Waals surface area contributed by atoms with Crippen LogP contribution in [-0.4, -0.2) is 23.8 Å². The normalized spacial score (nSPS) is 13.4. The van der Waals surface area contributed by atoms with Crippen LogP contribution in [0, 0.1) is 11.2 Å². The maximum absolute atomic E-state index is 13.1. The Morgan fingerprint density at radius 2 is 1.86 bits per heavy atom. The minimum absolute atomic E-state index is 0.0169. The average Bonchev–Trinajstić information content (AvgIpc) is 2.59. The summed E-state index contributed by atoms with van der Waals surface area (Å²) in [5.74, 6) is -0.586. The molecule has 0 bridgehead atoms. The fraction of sp³-hybridized carbons (Fsp3) is 0.263. The lowest BCUT2D eigenvalue weighted by Gasteiger charge is -2.17. The van der Waals surface area contributed by atoms with Gasteiger partial charge >= 0.3 is 6.18 Å². The average molecular weight is 416 g/mol. The number of halogens is 5. The van der Waals surface area contributed by atoms with Gasteiger partial charge in [0.15, 0.2) is 6.10 Å². The lowest BCUT2D eigenvalue weighted by atomic mass is 10.0. The van der Waals surface area contributed by atoms with Crippen LogP contribution >= 0.6 is 11.6 Å². The summed E-state index contributed by atoms with van der Waals surface area (Å²) in [6, 6.07) is 9.99. The molecule has 0 aliphatic carbocycles. The predicted octanol–water partition coefficient (Wildman–Crippen LogP) is 5.39. The van der Waals surface area contributed by atoms with Crippen molar-refractivity contribution in [3.05, 3.63) is 64.4 Å². The van der Waals surface area contributed by atoms with E-state index in [1.807, 2.05) is 0 Å². The minimum Gasteiger partial charge on any atom is -0.387 e. The van der Waals surface area contributed by atoms with Crippen LogP contribution in [0.4, 0.5) is 23.2 Å². The Labute approximate surface area is 164 Å². The van der Waals surface area contributed by atoms with Crippen LogP contribution in [0.1, 0.15) is 24.5 Å². The van der Waals surface area contributed by atoms with Gasteiger partial charge in [0.05, 0.1) is 23.8 Å². The van der Waals surface area contributed by atoms with E-state index in [0.29, 0.717) is 22.5 Å². The second-order valence-corrected chi connectivity index (χ2v) is 6.52. The molecule has 3 N–H and O–H groups in total. The molecule has 0 saturated heterocycles. The van der Waals surface area contributed by atoms with Gasteiger partial charge in [0, 0.05) is 11.4 Å². The first-order valence-corrected chi connectivity index (χ1v) is 8.56. The Morgan fingerprint density at radius 3 is 2.43 bits per heavy atom. The van der Waals surface area contributed by atoms with Crippen molar-refractivity contribution in [3.8, 4) is 0 Å². The molecule has 4 nitrogen and oxygen atoms in total. The van der Waals surface area contributed by atoms with E-state index < -0.39 is 18.1 Å². The van der Waals surface area contributed by atoms with Crippen molar-refractivity contribution < 1.29 is 22.3 Å². The SMILES string of the molecule is C[C@@H](OCc1cc(Cl)cc(C(CC(=N)N)=Nc2ccc(F)cc2)c1)C(F)(F)F. The van der Waals surface area contributed by atoms with Crippen LogP contribution in [0.25, 0.3) is 0 Å². The number of nitrogens with one attached hydrogen (secondary N) is 1. The van der Waals surface area contributed by atoms with Crippen LogP contribution in [0.3, 0.4) is 0 Å². The van der Waals surface area contributed by atoms with E-state index in [4.69, 9.17) is 27.5 Å². The van der Waals surface area contributed by atoms with Crippen LogP contribution in [-0.2, 0) is 11.3 Å². The van der Waals surface area contributed by atoms with Gasteiger partial charge in [-0.2, -0.15) is 13.2 Å². The number of amidine groups is 1. The van der Waals surface area contributed by atoms with Crippen molar-refractivity contribution in [2.75, 3.05) is 0 Å². The molecule has 150 valence electrons. The van der Waals surface area contributed by atoms with Crippen molar-refractivity contribution in [2.45, 2.75) is 32.2 Å². The van der Waals surface area contributed by atoms with Gasteiger partial charge in [0.2, 0.25) is 0 Å². The molecular weight excluding hydrogens is 398 g/mol. The molecule has 1 atom stereocenters. The molecule has 9 heteroatoms. The molecule has 0 radical (unpaired) electrons. The first-order chi connectivity index (χ1) is 13.0. The summed E-state index contributed by atoms with van der Waals surface area (Å²) in [6.07, 6.45) is -6.41. The first-order valence-electron chi connectivity index (χ1n) is 8.19. The van der Waals surface area contributed by atoms with Gasteiger partial charge in [-0.15, -0.1) is 0 Å². The number of hydrogen-bond donors (Lipinski definition) is 2. The van der Waals surface area contributed by atoms with Crippen molar-refractivity contribution in [2.24, 2.45) is 10.7 Å². The zero-order valence-corrected chi connectivity index (χ0v) is 15.6. The fourth-order valence-corrected chi connectivity index (χ4v) is 2.53. The fourth-order valence-electron chi connectivity index (χ4n) is 2.27. The lowest BCUT2D eigenvalue weighted by Crippen LogP contribution is -2.28. The quantitative estimate of drug-likeness (QED) is 0.361. The molecule has 0 amide bonds. The maximum atomic E-state index is 13.1. The summed E-state index contributed by atoms with van der Waals surface area (Å²) in [5.41, 5.74) is 7.18. The highest BCUT2D eigenvalue weighted by Crippen LogP contribution is 2.25. The number of alkyl halides is 3. The van der Waals surface area contributed by atoms with Gasteiger partial charge < -0.3 is 10.5 Å². The molecule has 2 aromatic rings. The number of aliphatic imine (C=N–C) groups is 1.